The zero-order valence-electron chi connectivity index (χ0n) is 12.3. The van der Waals surface area contributed by atoms with Crippen LogP contribution >= 0.6 is 34.8 Å². The summed E-state index contributed by atoms with van der Waals surface area (Å²) in [5.41, 5.74) is 2.39. The molecule has 0 aliphatic carbocycles. The van der Waals surface area contributed by atoms with E-state index in [-0.39, 0.29) is 11.3 Å². The molecule has 0 radical (unpaired) electrons. The predicted octanol–water partition coefficient (Wildman–Crippen LogP) is 5.15. The van der Waals surface area contributed by atoms with Gasteiger partial charge >= 0.3 is 0 Å². The predicted molar refractivity (Wildman–Crippen MR) is 88.3 cm³/mol. The number of benzene rings is 1. The fourth-order valence-corrected chi connectivity index (χ4v) is 2.54. The lowest BCUT2D eigenvalue weighted by molar-refractivity contribution is 0.345. The lowest BCUT2D eigenvalue weighted by atomic mass is 10.1. The Balaban J connectivity index is 2.48. The van der Waals surface area contributed by atoms with Crippen molar-refractivity contribution in [2.45, 2.75) is 37.0 Å². The first-order valence-electron chi connectivity index (χ1n) is 6.48. The Morgan fingerprint density at radius 1 is 1.05 bits per heavy atom. The molecule has 114 valence electrons. The van der Waals surface area contributed by atoms with Gasteiger partial charge in [0.15, 0.2) is 5.75 Å². The quantitative estimate of drug-likeness (QED) is 0.725. The van der Waals surface area contributed by atoms with Crippen molar-refractivity contribution in [3.63, 3.8) is 0 Å². The number of aromatic nitrogens is 2. The largest absolute Gasteiger partial charge is 0.504 e. The minimum absolute atomic E-state index is 0.173. The van der Waals surface area contributed by atoms with Gasteiger partial charge in [-0.3, -0.25) is 4.68 Å². The zero-order valence-corrected chi connectivity index (χ0v) is 14.6. The van der Waals surface area contributed by atoms with E-state index in [4.69, 9.17) is 34.8 Å². The first kappa shape index (κ1) is 16.5. The second-order valence-electron chi connectivity index (χ2n) is 5.94. The van der Waals surface area contributed by atoms with Crippen molar-refractivity contribution < 1.29 is 5.11 Å². The van der Waals surface area contributed by atoms with Gasteiger partial charge in [0.1, 0.15) is 5.69 Å². The second-order valence-corrected chi connectivity index (χ2v) is 8.22. The topological polar surface area (TPSA) is 38.1 Å². The van der Waals surface area contributed by atoms with Gasteiger partial charge in [0.05, 0.1) is 11.2 Å². The van der Waals surface area contributed by atoms with Crippen molar-refractivity contribution in [3.8, 4) is 17.0 Å². The molecule has 1 aromatic carbocycles. The highest BCUT2D eigenvalue weighted by molar-refractivity contribution is 6.66. The summed E-state index contributed by atoms with van der Waals surface area (Å²) in [5.74, 6) is 0.173. The van der Waals surface area contributed by atoms with Crippen LogP contribution in [0.1, 0.15) is 32.0 Å². The Labute approximate surface area is 139 Å². The minimum atomic E-state index is -1.46. The maximum atomic E-state index is 10.3. The highest BCUT2D eigenvalue weighted by Gasteiger charge is 2.25. The Morgan fingerprint density at radius 3 is 1.95 bits per heavy atom. The van der Waals surface area contributed by atoms with Gasteiger partial charge in [0.25, 0.3) is 0 Å². The molecular formula is C15H17Cl3N2O. The zero-order chi connectivity index (χ0) is 16.0. The highest BCUT2D eigenvalue weighted by Crippen LogP contribution is 2.40. The van der Waals surface area contributed by atoms with Gasteiger partial charge in [-0.1, -0.05) is 59.1 Å². The van der Waals surface area contributed by atoms with Crippen LogP contribution < -0.4 is 0 Å². The minimum Gasteiger partial charge on any atom is -0.504 e. The smallest absolute Gasteiger partial charge is 0.216 e. The molecule has 0 bridgehead atoms. The van der Waals surface area contributed by atoms with E-state index in [1.165, 1.54) is 0 Å². The van der Waals surface area contributed by atoms with Crippen LogP contribution in [0.5, 0.6) is 5.75 Å². The Kier molecular flexibility index (Phi) is 4.22. The molecule has 0 aliphatic heterocycles. The molecule has 0 atom stereocenters. The number of nitrogens with zero attached hydrogens (tertiary/aromatic N) is 2. The summed E-state index contributed by atoms with van der Waals surface area (Å²) in [6.07, 6.45) is 0. The van der Waals surface area contributed by atoms with E-state index < -0.39 is 3.79 Å². The number of hydrogen-bond acceptors (Lipinski definition) is 2. The SMILES string of the molecule is Cc1c(O)c(-c2ccc(C(Cl)(Cl)Cl)cc2)nn1C(C)(C)C. The summed E-state index contributed by atoms with van der Waals surface area (Å²) >= 11 is 17.5. The lowest BCUT2D eigenvalue weighted by Gasteiger charge is -2.20. The number of hydrogen-bond donors (Lipinski definition) is 1. The van der Waals surface area contributed by atoms with E-state index >= 15 is 0 Å². The monoisotopic (exact) mass is 346 g/mol. The van der Waals surface area contributed by atoms with Gasteiger partial charge < -0.3 is 5.11 Å². The van der Waals surface area contributed by atoms with Crippen molar-refractivity contribution in [2.24, 2.45) is 0 Å². The normalized spacial score (nSPS) is 12.7. The third kappa shape index (κ3) is 3.31. The van der Waals surface area contributed by atoms with Crippen LogP contribution in [0, 0.1) is 6.92 Å². The number of alkyl halides is 3. The first-order chi connectivity index (χ1) is 9.51. The van der Waals surface area contributed by atoms with Gasteiger partial charge in [-0.25, -0.2) is 0 Å². The van der Waals surface area contributed by atoms with Gasteiger partial charge in [-0.15, -0.1) is 0 Å². The molecule has 0 saturated carbocycles. The average molecular weight is 348 g/mol. The molecule has 0 fully saturated rings. The molecule has 0 saturated heterocycles. The summed E-state index contributed by atoms with van der Waals surface area (Å²) in [7, 11) is 0. The van der Waals surface area contributed by atoms with Gasteiger partial charge in [0.2, 0.25) is 3.79 Å². The van der Waals surface area contributed by atoms with E-state index in [0.717, 1.165) is 11.3 Å². The fraction of sp³-hybridized carbons (Fsp3) is 0.400. The second kappa shape index (κ2) is 5.38. The van der Waals surface area contributed by atoms with Crippen molar-refractivity contribution in [1.82, 2.24) is 9.78 Å². The van der Waals surface area contributed by atoms with Gasteiger partial charge in [-0.05, 0) is 27.7 Å². The third-order valence-electron chi connectivity index (χ3n) is 3.21. The summed E-state index contributed by atoms with van der Waals surface area (Å²) in [6.45, 7) is 7.93. The molecule has 1 N–H and O–H groups in total. The Hall–Kier alpha value is -0.900. The van der Waals surface area contributed by atoms with Crippen LogP contribution in [0.4, 0.5) is 0 Å². The van der Waals surface area contributed by atoms with Crippen LogP contribution in [0.3, 0.4) is 0 Å². The van der Waals surface area contributed by atoms with Crippen molar-refractivity contribution >= 4 is 34.8 Å². The number of rotatable bonds is 1. The van der Waals surface area contributed by atoms with Gasteiger partial charge in [-0.2, -0.15) is 5.10 Å². The Morgan fingerprint density at radius 2 is 1.57 bits per heavy atom. The standard InChI is InChI=1S/C15H17Cl3N2O/c1-9-13(21)12(19-20(9)14(2,3)4)10-5-7-11(8-6-10)15(16,17)18/h5-8,21H,1-4H3. The molecule has 0 spiro atoms. The maximum Gasteiger partial charge on any atom is 0.216 e. The molecule has 21 heavy (non-hydrogen) atoms. The molecule has 1 heterocycles. The average Bonchev–Trinajstić information content (AvgIpc) is 2.65. The van der Waals surface area contributed by atoms with Crippen LogP contribution in [0.2, 0.25) is 0 Å². The number of halogens is 3. The van der Waals surface area contributed by atoms with Crippen LogP contribution in [-0.4, -0.2) is 14.9 Å². The molecule has 0 aliphatic rings. The van der Waals surface area contributed by atoms with Crippen LogP contribution in [0.15, 0.2) is 24.3 Å². The summed E-state index contributed by atoms with van der Waals surface area (Å²) < 4.78 is 0.349. The van der Waals surface area contributed by atoms with E-state index in [2.05, 4.69) is 5.10 Å². The molecule has 1 aromatic heterocycles. The summed E-state index contributed by atoms with van der Waals surface area (Å²) in [6, 6.07) is 7.00. The summed E-state index contributed by atoms with van der Waals surface area (Å²) in [5, 5.41) is 14.8. The van der Waals surface area contributed by atoms with E-state index in [1.54, 1.807) is 28.9 Å². The van der Waals surface area contributed by atoms with E-state index in [0.29, 0.717) is 11.3 Å². The van der Waals surface area contributed by atoms with Crippen molar-refractivity contribution in [1.29, 1.82) is 0 Å². The van der Waals surface area contributed by atoms with E-state index in [1.807, 2.05) is 27.7 Å². The number of aromatic hydroxyl groups is 1. The summed E-state index contributed by atoms with van der Waals surface area (Å²) in [4.78, 5) is 0. The van der Waals surface area contributed by atoms with Crippen molar-refractivity contribution in [2.75, 3.05) is 0 Å². The van der Waals surface area contributed by atoms with E-state index in [9.17, 15) is 5.11 Å². The molecule has 2 aromatic rings. The molecule has 0 amide bonds. The fourth-order valence-electron chi connectivity index (χ4n) is 2.16. The Bertz CT molecular complexity index is 649. The molecule has 3 nitrogen and oxygen atoms in total. The molecule has 0 unspecified atom stereocenters. The van der Waals surface area contributed by atoms with Gasteiger partial charge in [0, 0.05) is 11.1 Å². The molecular weight excluding hydrogens is 331 g/mol. The third-order valence-corrected chi connectivity index (χ3v) is 3.86. The molecule has 6 heteroatoms. The van der Waals surface area contributed by atoms with Crippen molar-refractivity contribution in [3.05, 3.63) is 35.5 Å². The first-order valence-corrected chi connectivity index (χ1v) is 7.62. The lowest BCUT2D eigenvalue weighted by Crippen LogP contribution is -2.24. The highest BCUT2D eigenvalue weighted by atomic mass is 35.6. The maximum absolute atomic E-state index is 10.3. The van der Waals surface area contributed by atoms with Crippen LogP contribution in [-0.2, 0) is 9.33 Å². The molecule has 2 rings (SSSR count). The van der Waals surface area contributed by atoms with Crippen LogP contribution in [0.25, 0.3) is 11.3 Å².